The zero-order chi connectivity index (χ0) is 14.5. The van der Waals surface area contributed by atoms with Gasteiger partial charge >= 0.3 is 0 Å². The first kappa shape index (κ1) is 14.9. The van der Waals surface area contributed by atoms with Crippen LogP contribution in [0.4, 0.5) is 0 Å². The maximum atomic E-state index is 5.26. The molecule has 0 amide bonds. The lowest BCUT2D eigenvalue weighted by Crippen LogP contribution is -2.20. The van der Waals surface area contributed by atoms with Crippen molar-refractivity contribution in [3.8, 4) is 5.75 Å². The molecule has 1 N–H and O–H groups in total. The molecule has 1 unspecified atom stereocenters. The Kier molecular flexibility index (Phi) is 5.02. The molecule has 2 heteroatoms. The van der Waals surface area contributed by atoms with Crippen LogP contribution in [0.2, 0.25) is 0 Å². The Morgan fingerprint density at radius 2 is 1.70 bits per heavy atom. The van der Waals surface area contributed by atoms with Crippen molar-refractivity contribution in [2.45, 2.75) is 33.2 Å². The van der Waals surface area contributed by atoms with Gasteiger partial charge in [-0.15, -0.1) is 0 Å². The Labute approximate surface area is 122 Å². The summed E-state index contributed by atoms with van der Waals surface area (Å²) in [6, 6.07) is 13.3. The van der Waals surface area contributed by atoms with E-state index in [0.29, 0.717) is 6.04 Å². The van der Waals surface area contributed by atoms with Crippen molar-refractivity contribution in [3.63, 3.8) is 0 Å². The van der Waals surface area contributed by atoms with Crippen molar-refractivity contribution in [1.29, 1.82) is 0 Å². The molecule has 2 rings (SSSR count). The molecule has 0 fully saturated rings. The van der Waals surface area contributed by atoms with Gasteiger partial charge in [-0.3, -0.25) is 0 Å². The maximum absolute atomic E-state index is 5.26. The summed E-state index contributed by atoms with van der Waals surface area (Å²) in [7, 11) is 1.70. The minimum Gasteiger partial charge on any atom is -0.497 e. The second kappa shape index (κ2) is 6.76. The van der Waals surface area contributed by atoms with Crippen molar-refractivity contribution >= 4 is 10.8 Å². The third-order valence-electron chi connectivity index (χ3n) is 3.74. The molecule has 0 radical (unpaired) electrons. The average Bonchev–Trinajstić information content (AvgIpc) is 2.45. The Bertz CT molecular complexity index is 562. The molecule has 0 aromatic heterocycles. The second-order valence-electron chi connectivity index (χ2n) is 5.83. The lowest BCUT2D eigenvalue weighted by molar-refractivity contribution is 0.415. The average molecular weight is 271 g/mol. The lowest BCUT2D eigenvalue weighted by Gasteiger charge is -2.16. The van der Waals surface area contributed by atoms with Gasteiger partial charge in [-0.2, -0.15) is 0 Å². The van der Waals surface area contributed by atoms with Gasteiger partial charge < -0.3 is 10.1 Å². The van der Waals surface area contributed by atoms with Crippen LogP contribution < -0.4 is 10.1 Å². The molecule has 20 heavy (non-hydrogen) atoms. The van der Waals surface area contributed by atoms with Gasteiger partial charge in [-0.25, -0.2) is 0 Å². The minimum atomic E-state index is 0.389. The highest BCUT2D eigenvalue weighted by Gasteiger charge is 2.06. The molecule has 0 saturated heterocycles. The largest absolute Gasteiger partial charge is 0.497 e. The van der Waals surface area contributed by atoms with E-state index >= 15 is 0 Å². The number of hydrogen-bond acceptors (Lipinski definition) is 2. The van der Waals surface area contributed by atoms with E-state index in [2.05, 4.69) is 56.4 Å². The van der Waals surface area contributed by atoms with Gasteiger partial charge in [0, 0.05) is 6.04 Å². The summed E-state index contributed by atoms with van der Waals surface area (Å²) in [5.41, 5.74) is 1.34. The predicted molar refractivity (Wildman–Crippen MR) is 86.4 cm³/mol. The molecule has 2 aromatic rings. The summed E-state index contributed by atoms with van der Waals surface area (Å²) in [6.07, 6.45) is 1.22. The highest BCUT2D eigenvalue weighted by Crippen LogP contribution is 2.24. The van der Waals surface area contributed by atoms with E-state index in [0.717, 1.165) is 18.2 Å². The quantitative estimate of drug-likeness (QED) is 0.832. The smallest absolute Gasteiger partial charge is 0.119 e. The Hall–Kier alpha value is -1.54. The predicted octanol–water partition coefficient (Wildman–Crippen LogP) is 4.55. The van der Waals surface area contributed by atoms with Crippen LogP contribution >= 0.6 is 0 Å². The lowest BCUT2D eigenvalue weighted by atomic mass is 10.0. The third-order valence-corrected chi connectivity index (χ3v) is 3.74. The first-order valence-electron chi connectivity index (χ1n) is 7.41. The topological polar surface area (TPSA) is 21.3 Å². The first-order chi connectivity index (χ1) is 9.60. The van der Waals surface area contributed by atoms with Crippen LogP contribution in [0.25, 0.3) is 10.8 Å². The number of nitrogens with one attached hydrogen (secondary N) is 1. The summed E-state index contributed by atoms with van der Waals surface area (Å²) in [6.45, 7) is 7.82. The first-order valence-corrected chi connectivity index (χ1v) is 7.41. The molecular weight excluding hydrogens is 246 g/mol. The Balaban J connectivity index is 2.10. The van der Waals surface area contributed by atoms with Gasteiger partial charge in [0.05, 0.1) is 7.11 Å². The highest BCUT2D eigenvalue weighted by molar-refractivity contribution is 5.84. The fourth-order valence-electron chi connectivity index (χ4n) is 2.34. The highest BCUT2D eigenvalue weighted by atomic mass is 16.5. The SMILES string of the molecule is COc1ccc2cc(C(C)NCCC(C)C)ccc2c1. The molecular formula is C18H25NO. The van der Waals surface area contributed by atoms with E-state index in [4.69, 9.17) is 4.74 Å². The van der Waals surface area contributed by atoms with Gasteiger partial charge in [0.1, 0.15) is 5.75 Å². The number of fused-ring (bicyclic) bond motifs is 1. The molecule has 0 aliphatic rings. The van der Waals surface area contributed by atoms with E-state index in [1.807, 2.05) is 6.07 Å². The maximum Gasteiger partial charge on any atom is 0.119 e. The van der Waals surface area contributed by atoms with Crippen LogP contribution in [0.5, 0.6) is 5.75 Å². The van der Waals surface area contributed by atoms with Gasteiger partial charge in [-0.1, -0.05) is 32.0 Å². The Morgan fingerprint density at radius 1 is 1.00 bits per heavy atom. The fourth-order valence-corrected chi connectivity index (χ4v) is 2.34. The van der Waals surface area contributed by atoms with E-state index in [1.54, 1.807) is 7.11 Å². The molecule has 0 heterocycles. The Morgan fingerprint density at radius 3 is 2.40 bits per heavy atom. The molecule has 0 aliphatic carbocycles. The van der Waals surface area contributed by atoms with Crippen LogP contribution in [0.15, 0.2) is 36.4 Å². The molecule has 0 aliphatic heterocycles. The zero-order valence-electron chi connectivity index (χ0n) is 12.9. The minimum absolute atomic E-state index is 0.389. The summed E-state index contributed by atoms with van der Waals surface area (Å²) < 4.78 is 5.26. The van der Waals surface area contributed by atoms with E-state index in [9.17, 15) is 0 Å². The summed E-state index contributed by atoms with van der Waals surface area (Å²) in [4.78, 5) is 0. The van der Waals surface area contributed by atoms with E-state index in [1.165, 1.54) is 22.8 Å². The summed E-state index contributed by atoms with van der Waals surface area (Å²) in [5.74, 6) is 1.66. The summed E-state index contributed by atoms with van der Waals surface area (Å²) in [5, 5.41) is 6.08. The van der Waals surface area contributed by atoms with Gasteiger partial charge in [0.2, 0.25) is 0 Å². The third kappa shape index (κ3) is 3.73. The molecule has 2 nitrogen and oxygen atoms in total. The molecule has 0 bridgehead atoms. The number of hydrogen-bond donors (Lipinski definition) is 1. The van der Waals surface area contributed by atoms with Crippen molar-refractivity contribution in [1.82, 2.24) is 5.32 Å². The van der Waals surface area contributed by atoms with Crippen molar-refractivity contribution < 1.29 is 4.74 Å². The van der Waals surface area contributed by atoms with E-state index < -0.39 is 0 Å². The van der Waals surface area contributed by atoms with Gasteiger partial charge in [0.25, 0.3) is 0 Å². The molecule has 108 valence electrons. The number of ether oxygens (including phenoxy) is 1. The van der Waals surface area contributed by atoms with Crippen LogP contribution in [-0.4, -0.2) is 13.7 Å². The molecule has 0 saturated carbocycles. The van der Waals surface area contributed by atoms with Crippen LogP contribution in [-0.2, 0) is 0 Å². The molecule has 0 spiro atoms. The number of methoxy groups -OCH3 is 1. The standard InChI is InChI=1S/C18H25NO/c1-13(2)9-10-19-14(3)15-5-6-17-12-18(20-4)8-7-16(17)11-15/h5-8,11-14,19H,9-10H2,1-4H3. The number of rotatable bonds is 6. The normalized spacial score (nSPS) is 12.8. The fraction of sp³-hybridized carbons (Fsp3) is 0.444. The van der Waals surface area contributed by atoms with Gasteiger partial charge in [-0.05, 0) is 60.3 Å². The number of benzene rings is 2. The summed E-state index contributed by atoms with van der Waals surface area (Å²) >= 11 is 0. The zero-order valence-corrected chi connectivity index (χ0v) is 12.9. The second-order valence-corrected chi connectivity index (χ2v) is 5.83. The van der Waals surface area contributed by atoms with Crippen molar-refractivity contribution in [2.75, 3.05) is 13.7 Å². The molecule has 1 atom stereocenters. The van der Waals surface area contributed by atoms with E-state index in [-0.39, 0.29) is 0 Å². The monoisotopic (exact) mass is 271 g/mol. The van der Waals surface area contributed by atoms with Crippen LogP contribution in [0.1, 0.15) is 38.8 Å². The van der Waals surface area contributed by atoms with Crippen LogP contribution in [0, 0.1) is 5.92 Å². The van der Waals surface area contributed by atoms with Gasteiger partial charge in [0.15, 0.2) is 0 Å². The van der Waals surface area contributed by atoms with Crippen LogP contribution in [0.3, 0.4) is 0 Å². The van der Waals surface area contributed by atoms with Crippen molar-refractivity contribution in [3.05, 3.63) is 42.0 Å². The molecule has 2 aromatic carbocycles. The van der Waals surface area contributed by atoms with Crippen molar-refractivity contribution in [2.24, 2.45) is 5.92 Å².